The van der Waals surface area contributed by atoms with E-state index in [0.29, 0.717) is 27.7 Å². The number of carbonyl (C=O) groups is 1. The lowest BCUT2D eigenvalue weighted by atomic mass is 10.2. The van der Waals surface area contributed by atoms with Crippen molar-refractivity contribution in [3.05, 3.63) is 76.6 Å². The summed E-state index contributed by atoms with van der Waals surface area (Å²) in [6.45, 7) is 1.57. The first-order chi connectivity index (χ1) is 13.1. The molecule has 0 bridgehead atoms. The van der Waals surface area contributed by atoms with Crippen molar-refractivity contribution in [1.82, 2.24) is 9.78 Å². The number of carbonyl (C=O) groups excluding carboxylic acids is 1. The van der Waals surface area contributed by atoms with Gasteiger partial charge in [-0.25, -0.2) is 9.48 Å². The average Bonchev–Trinajstić information content (AvgIpc) is 2.99. The molecule has 0 radical (unpaired) electrons. The number of benzene rings is 2. The van der Waals surface area contributed by atoms with Crippen LogP contribution in [0.5, 0.6) is 5.75 Å². The van der Waals surface area contributed by atoms with Crippen molar-refractivity contribution in [2.45, 2.75) is 13.5 Å². The molecule has 1 heterocycles. The first kappa shape index (κ1) is 18.5. The predicted octanol–water partition coefficient (Wildman–Crippen LogP) is 3.83. The van der Waals surface area contributed by atoms with Gasteiger partial charge in [0.05, 0.1) is 23.0 Å². The molecule has 0 atom stereocenters. The monoisotopic (exact) mass is 381 g/mol. The minimum absolute atomic E-state index is 0.00701. The number of nitrogens with zero attached hydrogens (tertiary/aromatic N) is 3. The van der Waals surface area contributed by atoms with Crippen molar-refractivity contribution in [3.63, 3.8) is 0 Å². The second-order valence-corrected chi connectivity index (χ2v) is 6.05. The molecule has 0 aliphatic rings. The summed E-state index contributed by atoms with van der Waals surface area (Å²) in [5.41, 5.74) is 2.68. The molecule has 3 rings (SSSR count). The van der Waals surface area contributed by atoms with E-state index in [1.165, 1.54) is 0 Å². The number of aromatic nitrogens is 2. The topological polar surface area (TPSA) is 77.1 Å². The maximum Gasteiger partial charge on any atom is 0.344 e. The highest BCUT2D eigenvalue weighted by atomic mass is 35.5. The molecule has 0 aliphatic heterocycles. The molecule has 2 aromatic carbocycles. The zero-order valence-electron chi connectivity index (χ0n) is 14.6. The Morgan fingerprint density at radius 1 is 1.19 bits per heavy atom. The lowest BCUT2D eigenvalue weighted by Crippen LogP contribution is -2.15. The van der Waals surface area contributed by atoms with E-state index in [0.717, 1.165) is 5.69 Å². The van der Waals surface area contributed by atoms with Gasteiger partial charge < -0.3 is 9.47 Å². The predicted molar refractivity (Wildman–Crippen MR) is 99.8 cm³/mol. The fourth-order valence-corrected chi connectivity index (χ4v) is 2.72. The Morgan fingerprint density at radius 3 is 2.56 bits per heavy atom. The Hall–Kier alpha value is -3.30. The molecule has 27 heavy (non-hydrogen) atoms. The van der Waals surface area contributed by atoms with Crippen LogP contribution in [0.25, 0.3) is 5.69 Å². The number of esters is 1. The largest absolute Gasteiger partial charge is 0.482 e. The summed E-state index contributed by atoms with van der Waals surface area (Å²) in [5.74, 6) is -0.0423. The van der Waals surface area contributed by atoms with Crippen LogP contribution in [-0.4, -0.2) is 22.4 Å². The molecule has 0 unspecified atom stereocenters. The lowest BCUT2D eigenvalue weighted by Gasteiger charge is -2.07. The van der Waals surface area contributed by atoms with Gasteiger partial charge in [0.2, 0.25) is 0 Å². The first-order valence-corrected chi connectivity index (χ1v) is 8.54. The number of ether oxygens (including phenoxy) is 2. The van der Waals surface area contributed by atoms with Gasteiger partial charge in [-0.1, -0.05) is 29.8 Å². The zero-order chi connectivity index (χ0) is 19.2. The van der Waals surface area contributed by atoms with E-state index in [1.54, 1.807) is 28.9 Å². The highest BCUT2D eigenvalue weighted by molar-refractivity contribution is 6.30. The molecule has 1 aromatic heterocycles. The average molecular weight is 382 g/mol. The maximum atomic E-state index is 11.9. The van der Waals surface area contributed by atoms with Crippen LogP contribution in [0, 0.1) is 18.3 Å². The third-order valence-corrected chi connectivity index (χ3v) is 4.23. The number of nitriles is 1. The molecule has 6 nitrogen and oxygen atoms in total. The number of hydrogen-bond acceptors (Lipinski definition) is 5. The summed E-state index contributed by atoms with van der Waals surface area (Å²) in [6, 6.07) is 18.0. The van der Waals surface area contributed by atoms with E-state index in [2.05, 4.69) is 5.10 Å². The van der Waals surface area contributed by atoms with Crippen molar-refractivity contribution in [2.24, 2.45) is 0 Å². The summed E-state index contributed by atoms with van der Waals surface area (Å²) >= 11 is 6.40. The Balaban J connectivity index is 1.59. The molecule has 3 aromatic rings. The van der Waals surface area contributed by atoms with Crippen LogP contribution in [0.15, 0.2) is 54.6 Å². The Labute approximate surface area is 161 Å². The standard InChI is InChI=1S/C20H16ClN3O3/c1-14-18(20(21)24(23-14)16-5-3-2-4-6-16)12-27-19(25)13-26-17-9-7-15(11-22)8-10-17/h2-10H,12-13H2,1H3. The molecule has 136 valence electrons. The molecule has 0 fully saturated rings. The van der Waals surface area contributed by atoms with Crippen LogP contribution < -0.4 is 4.74 Å². The zero-order valence-corrected chi connectivity index (χ0v) is 15.3. The second kappa shape index (κ2) is 8.39. The molecule has 0 saturated heterocycles. The van der Waals surface area contributed by atoms with Crippen molar-refractivity contribution in [1.29, 1.82) is 5.26 Å². The minimum Gasteiger partial charge on any atom is -0.482 e. The third kappa shape index (κ3) is 4.46. The Bertz CT molecular complexity index is 976. The molecular weight excluding hydrogens is 366 g/mol. The van der Waals surface area contributed by atoms with E-state index in [4.69, 9.17) is 26.3 Å². The Kier molecular flexibility index (Phi) is 5.74. The van der Waals surface area contributed by atoms with Gasteiger partial charge in [0, 0.05) is 5.56 Å². The van der Waals surface area contributed by atoms with Gasteiger partial charge in [-0.3, -0.25) is 0 Å². The number of para-hydroxylation sites is 1. The summed E-state index contributed by atoms with van der Waals surface area (Å²) in [6.07, 6.45) is 0. The second-order valence-electron chi connectivity index (χ2n) is 5.69. The number of halogens is 1. The SMILES string of the molecule is Cc1nn(-c2ccccc2)c(Cl)c1COC(=O)COc1ccc(C#N)cc1. The van der Waals surface area contributed by atoms with Gasteiger partial charge in [0.25, 0.3) is 0 Å². The highest BCUT2D eigenvalue weighted by Crippen LogP contribution is 2.24. The van der Waals surface area contributed by atoms with Gasteiger partial charge in [0.15, 0.2) is 6.61 Å². The van der Waals surface area contributed by atoms with Crippen LogP contribution >= 0.6 is 11.6 Å². The van der Waals surface area contributed by atoms with Crippen LogP contribution in [0.1, 0.15) is 16.8 Å². The molecule has 0 amide bonds. The van der Waals surface area contributed by atoms with Crippen LogP contribution in [0.3, 0.4) is 0 Å². The van der Waals surface area contributed by atoms with Gasteiger partial charge in [-0.05, 0) is 43.3 Å². The smallest absolute Gasteiger partial charge is 0.344 e. The first-order valence-electron chi connectivity index (χ1n) is 8.16. The minimum atomic E-state index is -0.526. The number of rotatable bonds is 6. The van der Waals surface area contributed by atoms with E-state index >= 15 is 0 Å². The number of hydrogen-bond donors (Lipinski definition) is 0. The highest BCUT2D eigenvalue weighted by Gasteiger charge is 2.16. The van der Waals surface area contributed by atoms with Crippen molar-refractivity contribution >= 4 is 17.6 Å². The number of aryl methyl sites for hydroxylation is 1. The normalized spacial score (nSPS) is 10.3. The quantitative estimate of drug-likeness (QED) is 0.606. The van der Waals surface area contributed by atoms with E-state index in [9.17, 15) is 4.79 Å². The van der Waals surface area contributed by atoms with E-state index in [-0.39, 0.29) is 13.2 Å². The van der Waals surface area contributed by atoms with E-state index < -0.39 is 5.97 Å². The van der Waals surface area contributed by atoms with Gasteiger partial charge in [0.1, 0.15) is 17.5 Å². The third-order valence-electron chi connectivity index (χ3n) is 3.84. The summed E-state index contributed by atoms with van der Waals surface area (Å²) in [4.78, 5) is 11.9. The van der Waals surface area contributed by atoms with Crippen LogP contribution in [0.4, 0.5) is 0 Å². The Morgan fingerprint density at radius 2 is 1.89 bits per heavy atom. The molecule has 0 saturated carbocycles. The van der Waals surface area contributed by atoms with Crippen LogP contribution in [-0.2, 0) is 16.1 Å². The molecule has 7 heteroatoms. The van der Waals surface area contributed by atoms with Crippen molar-refractivity contribution in [2.75, 3.05) is 6.61 Å². The summed E-state index contributed by atoms with van der Waals surface area (Å²) < 4.78 is 12.2. The van der Waals surface area contributed by atoms with Crippen molar-refractivity contribution < 1.29 is 14.3 Å². The van der Waals surface area contributed by atoms with E-state index in [1.807, 2.05) is 43.3 Å². The van der Waals surface area contributed by atoms with Gasteiger partial charge >= 0.3 is 5.97 Å². The summed E-state index contributed by atoms with van der Waals surface area (Å²) in [7, 11) is 0. The molecule has 0 spiro atoms. The maximum absolute atomic E-state index is 11.9. The van der Waals surface area contributed by atoms with Crippen molar-refractivity contribution in [3.8, 4) is 17.5 Å². The fraction of sp³-hybridized carbons (Fsp3) is 0.150. The molecular formula is C20H16ClN3O3. The lowest BCUT2D eigenvalue weighted by molar-refractivity contribution is -0.147. The summed E-state index contributed by atoms with van der Waals surface area (Å²) in [5, 5.41) is 13.6. The van der Waals surface area contributed by atoms with Crippen LogP contribution in [0.2, 0.25) is 5.15 Å². The van der Waals surface area contributed by atoms with Gasteiger partial charge in [-0.2, -0.15) is 10.4 Å². The van der Waals surface area contributed by atoms with Gasteiger partial charge in [-0.15, -0.1) is 0 Å². The molecule has 0 N–H and O–H groups in total. The fourth-order valence-electron chi connectivity index (χ4n) is 2.40. The molecule has 0 aliphatic carbocycles.